The van der Waals surface area contributed by atoms with E-state index in [1.54, 1.807) is 14.2 Å². The number of ether oxygens (including phenoxy) is 2. The van der Waals surface area contributed by atoms with E-state index in [0.717, 1.165) is 58.6 Å². The van der Waals surface area contributed by atoms with Crippen molar-refractivity contribution in [3.05, 3.63) is 67.6 Å². The van der Waals surface area contributed by atoms with Crippen LogP contribution in [0.3, 0.4) is 0 Å². The molecule has 0 unspecified atom stereocenters. The molecule has 2 aromatic rings. The maximum atomic E-state index is 12.7. The molecule has 5 rings (SSSR count). The third-order valence-corrected chi connectivity index (χ3v) is 9.97. The van der Waals surface area contributed by atoms with Crippen molar-refractivity contribution in [1.82, 2.24) is 0 Å². The van der Waals surface area contributed by atoms with Gasteiger partial charge in [0, 0.05) is 55.0 Å². The van der Waals surface area contributed by atoms with E-state index in [-0.39, 0.29) is 42.2 Å². The van der Waals surface area contributed by atoms with Crippen LogP contribution in [0.2, 0.25) is 0 Å². The molecule has 9 heteroatoms. The van der Waals surface area contributed by atoms with Gasteiger partial charge in [-0.15, -0.1) is 0 Å². The van der Waals surface area contributed by atoms with E-state index in [1.807, 2.05) is 30.3 Å². The molecule has 39 heavy (non-hydrogen) atoms. The van der Waals surface area contributed by atoms with Crippen LogP contribution in [-0.2, 0) is 22.3 Å². The third kappa shape index (κ3) is 10.1. The summed E-state index contributed by atoms with van der Waals surface area (Å²) in [5, 5.41) is 0. The molecule has 0 aliphatic heterocycles. The molecular formula is C30H37Br2I2NaO4. The van der Waals surface area contributed by atoms with E-state index in [4.69, 9.17) is 9.47 Å². The summed E-state index contributed by atoms with van der Waals surface area (Å²) in [7, 11) is 3.56. The molecule has 0 amide bonds. The molecule has 1 fully saturated rings. The van der Waals surface area contributed by atoms with Crippen molar-refractivity contribution in [1.29, 1.82) is 0 Å². The Hall–Kier alpha value is 1.12. The molecule has 0 atom stereocenters. The van der Waals surface area contributed by atoms with Gasteiger partial charge in [0.15, 0.2) is 11.6 Å². The molecule has 0 heterocycles. The number of hydrogen-bond acceptors (Lipinski definition) is 4. The van der Waals surface area contributed by atoms with Crippen LogP contribution in [0.4, 0.5) is 0 Å². The van der Waals surface area contributed by atoms with E-state index in [0.29, 0.717) is 24.4 Å². The van der Waals surface area contributed by atoms with E-state index >= 15 is 0 Å². The first-order chi connectivity index (χ1) is 18.3. The molecule has 2 aromatic carbocycles. The zero-order chi connectivity index (χ0) is 27.7. The van der Waals surface area contributed by atoms with Crippen molar-refractivity contribution < 1.29 is 50.0 Å². The monoisotopic (exact) mass is 896 g/mol. The van der Waals surface area contributed by atoms with Crippen LogP contribution in [0.15, 0.2) is 45.3 Å². The number of benzene rings is 2. The van der Waals surface area contributed by atoms with Gasteiger partial charge in [-0.1, -0.05) is 89.2 Å². The van der Waals surface area contributed by atoms with E-state index in [2.05, 4.69) is 83.1 Å². The van der Waals surface area contributed by atoms with E-state index in [9.17, 15) is 9.59 Å². The fourth-order valence-corrected chi connectivity index (χ4v) is 7.57. The summed E-state index contributed by atoms with van der Waals surface area (Å²) in [6, 6.07) is 12.0. The van der Waals surface area contributed by atoms with Gasteiger partial charge < -0.3 is 10.9 Å². The molecule has 4 nitrogen and oxygen atoms in total. The summed E-state index contributed by atoms with van der Waals surface area (Å²) in [4.78, 5) is 23.9. The van der Waals surface area contributed by atoms with Crippen LogP contribution < -0.4 is 29.6 Å². The Morgan fingerprint density at radius 1 is 0.923 bits per heavy atom. The minimum atomic E-state index is -0.127. The van der Waals surface area contributed by atoms with Gasteiger partial charge in [0.2, 0.25) is 0 Å². The van der Waals surface area contributed by atoms with E-state index in [1.165, 1.54) is 32.8 Å². The Balaban J connectivity index is 0.000000316. The van der Waals surface area contributed by atoms with Crippen LogP contribution in [0.1, 0.15) is 78.2 Å². The second kappa shape index (κ2) is 18.0. The number of carbonyl (C=O) groups is 2. The topological polar surface area (TPSA) is 52.6 Å². The first-order valence-electron chi connectivity index (χ1n) is 13.1. The number of rotatable bonds is 6. The fourth-order valence-electron chi connectivity index (χ4n) is 5.46. The van der Waals surface area contributed by atoms with E-state index < -0.39 is 0 Å². The van der Waals surface area contributed by atoms with Crippen LogP contribution >= 0.6 is 77.0 Å². The second-order valence-corrected chi connectivity index (χ2v) is 14.0. The number of fused-ring (bicyclic) bond motifs is 2. The average Bonchev–Trinajstić information content (AvgIpc) is 3.41. The summed E-state index contributed by atoms with van der Waals surface area (Å²) in [6.07, 6.45) is 9.72. The molecule has 0 saturated heterocycles. The molecule has 0 bridgehead atoms. The van der Waals surface area contributed by atoms with Crippen LogP contribution in [0.25, 0.3) is 0 Å². The zero-order valence-electron chi connectivity index (χ0n) is 24.0. The Morgan fingerprint density at radius 2 is 1.49 bits per heavy atom. The fraction of sp³-hybridized carbons (Fsp3) is 0.533. The van der Waals surface area contributed by atoms with Gasteiger partial charge in [-0.3, -0.25) is 9.59 Å². The van der Waals surface area contributed by atoms with Gasteiger partial charge in [0.1, 0.15) is 0 Å². The smallest absolute Gasteiger partial charge is 1.00 e. The van der Waals surface area contributed by atoms with Crippen molar-refractivity contribution in [2.45, 2.75) is 70.0 Å². The summed E-state index contributed by atoms with van der Waals surface area (Å²) in [5.41, 5.74) is 4.12. The number of ketones is 2. The number of Topliss-reactive ketones (excluding diaryl/α,β-unsaturated/α-hetero) is 2. The van der Waals surface area contributed by atoms with Gasteiger partial charge in [-0.25, -0.2) is 0 Å². The number of hydrogen-bond donors (Lipinski definition) is 0. The van der Waals surface area contributed by atoms with Crippen molar-refractivity contribution in [2.24, 2.45) is 5.41 Å². The SMILES string of the molecule is COC(CCI)CCI.COC1CCC2(CC1)Cc1ccc(Br)cc1C2=O.O=C1CCc2ccc(Br)cc21.[H-].[Na+]. The number of carbonyl (C=O) groups excluding carboxylic acids is 2. The van der Waals surface area contributed by atoms with Crippen molar-refractivity contribution in [3.63, 3.8) is 0 Å². The molecule has 1 spiro atoms. The average molecular weight is 898 g/mol. The summed E-state index contributed by atoms with van der Waals surface area (Å²) < 4.78 is 15.0. The Bertz CT molecular complexity index is 1110. The molecule has 210 valence electrons. The zero-order valence-corrected chi connectivity index (χ0v) is 32.5. The minimum Gasteiger partial charge on any atom is -1.00 e. The van der Waals surface area contributed by atoms with Crippen molar-refractivity contribution >= 4 is 88.6 Å². The predicted octanol–water partition coefficient (Wildman–Crippen LogP) is 6.11. The largest absolute Gasteiger partial charge is 1.00 e. The molecule has 3 aliphatic carbocycles. The number of aryl methyl sites for hydroxylation is 1. The quantitative estimate of drug-likeness (QED) is 0.200. The summed E-state index contributed by atoms with van der Waals surface area (Å²) >= 11 is 11.6. The minimum absolute atomic E-state index is 0. The van der Waals surface area contributed by atoms with Crippen LogP contribution in [0.5, 0.6) is 0 Å². The Kier molecular flexibility index (Phi) is 16.8. The molecule has 0 radical (unpaired) electrons. The van der Waals surface area contributed by atoms with Gasteiger partial charge in [-0.05, 0) is 86.8 Å². The van der Waals surface area contributed by atoms with Gasteiger partial charge in [-0.2, -0.15) is 0 Å². The first-order valence-corrected chi connectivity index (χ1v) is 17.7. The molecule has 3 aliphatic rings. The van der Waals surface area contributed by atoms with Gasteiger partial charge >= 0.3 is 29.6 Å². The number of methoxy groups -OCH3 is 2. The second-order valence-electron chi connectivity index (χ2n) is 10.1. The predicted molar refractivity (Wildman–Crippen MR) is 180 cm³/mol. The van der Waals surface area contributed by atoms with Crippen LogP contribution in [0, 0.1) is 5.41 Å². The van der Waals surface area contributed by atoms with Crippen LogP contribution in [-0.4, -0.2) is 46.8 Å². The van der Waals surface area contributed by atoms with Gasteiger partial charge in [0.05, 0.1) is 12.2 Å². The van der Waals surface area contributed by atoms with Crippen molar-refractivity contribution in [2.75, 3.05) is 23.1 Å². The number of alkyl halides is 2. The standard InChI is InChI=1S/C15H17BrO2.C9H7BrO.C6H12I2O.Na.H/c1-18-12-4-6-15(7-5-12)9-10-2-3-11(16)8-13(10)14(15)17;10-7-3-1-6-2-4-9(11)8(6)5-7;1-9-6(2-4-7)3-5-8;;/h2-3,8,12H,4-7,9H2,1H3;1,3,5H,2,4H2;6H,2-5H2,1H3;;/q;;;+1;-1. The normalized spacial score (nSPS) is 20.9. The van der Waals surface area contributed by atoms with Gasteiger partial charge in [0.25, 0.3) is 0 Å². The molecular weight excluding hydrogens is 861 g/mol. The Morgan fingerprint density at radius 3 is 2.03 bits per heavy atom. The molecule has 0 aromatic heterocycles. The first kappa shape index (κ1) is 36.3. The third-order valence-electron chi connectivity index (χ3n) is 7.74. The number of halogens is 4. The maximum Gasteiger partial charge on any atom is 1.00 e. The summed E-state index contributed by atoms with van der Waals surface area (Å²) in [6.45, 7) is 0. The Labute approximate surface area is 301 Å². The maximum absolute atomic E-state index is 12.7. The summed E-state index contributed by atoms with van der Waals surface area (Å²) in [5.74, 6) is 0.634. The molecule has 1 saturated carbocycles. The van der Waals surface area contributed by atoms with Crippen molar-refractivity contribution in [3.8, 4) is 0 Å². The molecule has 0 N–H and O–H groups in total.